The molecule has 0 spiro atoms. The van der Waals surface area contributed by atoms with Crippen molar-refractivity contribution in [2.45, 2.75) is 20.3 Å². The minimum absolute atomic E-state index is 0.0942. The molecule has 0 saturated carbocycles. The number of ether oxygens (including phenoxy) is 1. The number of carbonyl (C=O) groups is 1. The fourth-order valence-corrected chi connectivity index (χ4v) is 4.38. The topological polar surface area (TPSA) is 74.4 Å². The Labute approximate surface area is 191 Å². The Bertz CT molecular complexity index is 1440. The lowest BCUT2D eigenvalue weighted by molar-refractivity contribution is 0.257. The van der Waals surface area contributed by atoms with E-state index in [-0.39, 0.29) is 11.6 Å². The number of hydrogen-bond acceptors (Lipinski definition) is 3. The monoisotopic (exact) mass is 439 g/mol. The van der Waals surface area contributed by atoms with Gasteiger partial charge in [0.1, 0.15) is 5.75 Å². The van der Waals surface area contributed by atoms with Gasteiger partial charge in [0.15, 0.2) is 0 Å². The molecule has 0 unspecified atom stereocenters. The number of hydrogen-bond donors (Lipinski definition) is 2. The van der Waals surface area contributed by atoms with Crippen molar-refractivity contribution in [2.75, 3.05) is 23.9 Å². The summed E-state index contributed by atoms with van der Waals surface area (Å²) in [5, 5.41) is 4.59. The number of fused-ring (bicyclic) bond motifs is 2. The number of aryl methyl sites for hydroxylation is 2. The average Bonchev–Trinajstić information content (AvgIpc) is 3.25. The largest absolute Gasteiger partial charge is 0.497 e. The minimum Gasteiger partial charge on any atom is -0.497 e. The Balaban J connectivity index is 1.41. The molecule has 1 aliphatic heterocycles. The van der Waals surface area contributed by atoms with Crippen molar-refractivity contribution in [1.82, 2.24) is 4.98 Å². The Morgan fingerprint density at radius 2 is 1.73 bits per heavy atom. The molecule has 2 heterocycles. The van der Waals surface area contributed by atoms with Crippen LogP contribution in [0.2, 0.25) is 0 Å². The van der Waals surface area contributed by atoms with E-state index in [1.807, 2.05) is 62.4 Å². The molecular weight excluding hydrogens is 414 g/mol. The summed E-state index contributed by atoms with van der Waals surface area (Å²) in [6, 6.07) is 17.3. The van der Waals surface area contributed by atoms with Crippen LogP contribution in [-0.4, -0.2) is 24.7 Å². The maximum atomic E-state index is 12.9. The Hall–Kier alpha value is -4.06. The van der Waals surface area contributed by atoms with Crippen LogP contribution in [-0.2, 0) is 6.42 Å². The van der Waals surface area contributed by atoms with E-state index in [1.54, 1.807) is 18.2 Å². The summed E-state index contributed by atoms with van der Waals surface area (Å²) >= 11 is 0. The van der Waals surface area contributed by atoms with Crippen LogP contribution >= 0.6 is 0 Å². The smallest absolute Gasteiger partial charge is 0.326 e. The van der Waals surface area contributed by atoms with Crippen molar-refractivity contribution in [3.05, 3.63) is 87.8 Å². The maximum Gasteiger partial charge on any atom is 0.326 e. The molecule has 1 aromatic heterocycles. The van der Waals surface area contributed by atoms with E-state index in [0.29, 0.717) is 17.6 Å². The first-order chi connectivity index (χ1) is 15.9. The van der Waals surface area contributed by atoms with Crippen molar-refractivity contribution in [1.29, 1.82) is 0 Å². The molecule has 0 aliphatic carbocycles. The summed E-state index contributed by atoms with van der Waals surface area (Å²) in [5.74, 6) is 0.733. The van der Waals surface area contributed by atoms with Gasteiger partial charge in [-0.2, -0.15) is 0 Å². The fourth-order valence-electron chi connectivity index (χ4n) is 4.38. The maximum absolute atomic E-state index is 12.9. The number of carbonyl (C=O) groups excluding carboxylic acids is 1. The molecule has 6 heteroatoms. The molecule has 0 radical (unpaired) electrons. The Kier molecular flexibility index (Phi) is 5.13. The number of urea groups is 1. The van der Waals surface area contributed by atoms with Crippen LogP contribution in [0.5, 0.6) is 5.75 Å². The first kappa shape index (κ1) is 20.8. The van der Waals surface area contributed by atoms with Crippen molar-refractivity contribution < 1.29 is 9.53 Å². The molecular formula is C27H25N3O3. The van der Waals surface area contributed by atoms with Gasteiger partial charge in [-0.3, -0.25) is 9.69 Å². The number of aromatic amines is 1. The summed E-state index contributed by atoms with van der Waals surface area (Å²) in [6.07, 6.45) is 2.57. The molecule has 6 nitrogen and oxygen atoms in total. The molecule has 0 saturated heterocycles. The molecule has 2 amide bonds. The Morgan fingerprint density at radius 3 is 2.45 bits per heavy atom. The normalized spacial score (nSPS) is 12.6. The van der Waals surface area contributed by atoms with E-state index in [1.165, 1.54) is 0 Å². The number of nitrogens with one attached hydrogen (secondary N) is 2. The molecule has 5 rings (SSSR count). The molecule has 33 heavy (non-hydrogen) atoms. The highest BCUT2D eigenvalue weighted by Gasteiger charge is 2.25. The molecule has 3 aromatic carbocycles. The van der Waals surface area contributed by atoms with Gasteiger partial charge in [0.2, 0.25) is 0 Å². The second kappa shape index (κ2) is 8.13. The van der Waals surface area contributed by atoms with Gasteiger partial charge in [-0.15, -0.1) is 0 Å². The third kappa shape index (κ3) is 3.74. The van der Waals surface area contributed by atoms with E-state index in [9.17, 15) is 9.59 Å². The summed E-state index contributed by atoms with van der Waals surface area (Å²) in [4.78, 5) is 29.9. The zero-order chi connectivity index (χ0) is 23.1. The van der Waals surface area contributed by atoms with E-state index in [4.69, 9.17) is 4.74 Å². The highest BCUT2D eigenvalue weighted by atomic mass is 16.5. The lowest BCUT2D eigenvalue weighted by Crippen LogP contribution is -2.33. The summed E-state index contributed by atoms with van der Waals surface area (Å²) in [5.41, 5.74) is 6.78. The average molecular weight is 440 g/mol. The molecule has 166 valence electrons. The quantitative estimate of drug-likeness (QED) is 0.448. The van der Waals surface area contributed by atoms with Gasteiger partial charge in [0.05, 0.1) is 12.8 Å². The number of methoxy groups -OCH3 is 1. The van der Waals surface area contributed by atoms with Gasteiger partial charge in [0.25, 0.3) is 5.56 Å². The van der Waals surface area contributed by atoms with Crippen LogP contribution in [0.1, 0.15) is 16.7 Å². The predicted octanol–water partition coefficient (Wildman–Crippen LogP) is 5.42. The van der Waals surface area contributed by atoms with Crippen LogP contribution in [0, 0.1) is 13.8 Å². The second-order valence-electron chi connectivity index (χ2n) is 8.42. The first-order valence-electron chi connectivity index (χ1n) is 10.9. The number of aromatic nitrogens is 1. The standard InChI is InChI=1S/C27H25N3O3/c1-16-12-22-23(13-17(16)2)26(31)28-15-24(22)18-4-7-20(8-5-18)29-27(32)30-11-10-19-6-9-21(33-3)14-25(19)30/h4-9,12-15H,10-11H2,1-3H3,(H,28,31)(H,29,32). The third-order valence-corrected chi connectivity index (χ3v) is 6.40. The molecule has 0 bridgehead atoms. The number of rotatable bonds is 3. The van der Waals surface area contributed by atoms with Gasteiger partial charge in [0, 0.05) is 35.4 Å². The van der Waals surface area contributed by atoms with Gasteiger partial charge in [-0.25, -0.2) is 4.79 Å². The number of nitrogens with zero attached hydrogens (tertiary/aromatic N) is 1. The van der Waals surface area contributed by atoms with E-state index < -0.39 is 0 Å². The highest BCUT2D eigenvalue weighted by molar-refractivity contribution is 6.03. The number of H-pyrrole nitrogens is 1. The van der Waals surface area contributed by atoms with Crippen molar-refractivity contribution >= 4 is 28.2 Å². The zero-order valence-corrected chi connectivity index (χ0v) is 18.9. The minimum atomic E-state index is -0.171. The van der Waals surface area contributed by atoms with E-state index in [2.05, 4.69) is 16.4 Å². The fraction of sp³-hybridized carbons (Fsp3) is 0.185. The lowest BCUT2D eigenvalue weighted by Gasteiger charge is -2.19. The van der Waals surface area contributed by atoms with Crippen LogP contribution in [0.25, 0.3) is 21.9 Å². The molecule has 4 aromatic rings. The first-order valence-corrected chi connectivity index (χ1v) is 10.9. The van der Waals surface area contributed by atoms with Gasteiger partial charge >= 0.3 is 6.03 Å². The van der Waals surface area contributed by atoms with Crippen LogP contribution in [0.3, 0.4) is 0 Å². The third-order valence-electron chi connectivity index (χ3n) is 6.40. The SMILES string of the molecule is COc1ccc2c(c1)N(C(=O)Nc1ccc(-c3c[nH]c(=O)c4cc(C)c(C)cc34)cc1)CC2. The summed E-state index contributed by atoms with van der Waals surface area (Å²) in [6.45, 7) is 4.69. The van der Waals surface area contributed by atoms with E-state index in [0.717, 1.165) is 51.1 Å². The molecule has 1 aliphatic rings. The lowest BCUT2D eigenvalue weighted by atomic mass is 9.97. The van der Waals surface area contributed by atoms with Gasteiger partial charge < -0.3 is 15.0 Å². The van der Waals surface area contributed by atoms with E-state index >= 15 is 0 Å². The predicted molar refractivity (Wildman–Crippen MR) is 133 cm³/mol. The van der Waals surface area contributed by atoms with Crippen LogP contribution < -0.4 is 20.5 Å². The van der Waals surface area contributed by atoms with Crippen LogP contribution in [0.4, 0.5) is 16.2 Å². The van der Waals surface area contributed by atoms with Crippen molar-refractivity contribution in [3.63, 3.8) is 0 Å². The molecule has 2 N–H and O–H groups in total. The number of benzene rings is 3. The Morgan fingerprint density at radius 1 is 1.00 bits per heavy atom. The second-order valence-corrected chi connectivity index (χ2v) is 8.42. The molecule has 0 fully saturated rings. The number of amides is 2. The van der Waals surface area contributed by atoms with Crippen molar-refractivity contribution in [2.24, 2.45) is 0 Å². The highest BCUT2D eigenvalue weighted by Crippen LogP contribution is 2.33. The zero-order valence-electron chi connectivity index (χ0n) is 18.9. The number of pyridine rings is 1. The van der Waals surface area contributed by atoms with Crippen molar-refractivity contribution in [3.8, 4) is 16.9 Å². The van der Waals surface area contributed by atoms with Gasteiger partial charge in [-0.05, 0) is 72.2 Å². The summed E-state index contributed by atoms with van der Waals surface area (Å²) in [7, 11) is 1.62. The number of anilines is 2. The summed E-state index contributed by atoms with van der Waals surface area (Å²) < 4.78 is 5.31. The van der Waals surface area contributed by atoms with Crippen LogP contribution in [0.15, 0.2) is 65.6 Å². The molecule has 0 atom stereocenters. The van der Waals surface area contributed by atoms with Gasteiger partial charge in [-0.1, -0.05) is 24.3 Å².